The van der Waals surface area contributed by atoms with Crippen molar-refractivity contribution >= 4 is 9.52 Å². The van der Waals surface area contributed by atoms with Crippen LogP contribution in [0.15, 0.2) is 0 Å². The van der Waals surface area contributed by atoms with E-state index in [-0.39, 0.29) is 14.7 Å². The molecule has 92 valence electrons. The van der Waals surface area contributed by atoms with Gasteiger partial charge in [0.15, 0.2) is 0 Å². The fourth-order valence-corrected chi connectivity index (χ4v) is 4.50. The largest absolute Gasteiger partial charge is 0.394 e. The summed E-state index contributed by atoms with van der Waals surface area (Å²) in [7, 11) is -0.267. The molecule has 0 rings (SSSR count). The first-order valence-corrected chi connectivity index (χ1v) is 8.61. The van der Waals surface area contributed by atoms with Crippen LogP contribution in [0.2, 0.25) is 6.04 Å². The van der Waals surface area contributed by atoms with Gasteiger partial charge in [0.25, 0.3) is 0 Å². The molecule has 1 nitrogen and oxygen atoms in total. The van der Waals surface area contributed by atoms with E-state index in [0.717, 1.165) is 12.8 Å². The first kappa shape index (κ1) is 15.2. The van der Waals surface area contributed by atoms with Gasteiger partial charge in [0.05, 0.1) is 9.52 Å². The van der Waals surface area contributed by atoms with Gasteiger partial charge in [-0.25, -0.2) is 0 Å². The first-order valence-electron chi connectivity index (χ1n) is 6.91. The van der Waals surface area contributed by atoms with E-state index in [9.17, 15) is 5.11 Å². The summed E-state index contributed by atoms with van der Waals surface area (Å²) in [5.74, 6) is 0. The van der Waals surface area contributed by atoms with Crippen molar-refractivity contribution in [1.29, 1.82) is 0 Å². The van der Waals surface area contributed by atoms with Crippen molar-refractivity contribution in [3.05, 3.63) is 0 Å². The van der Waals surface area contributed by atoms with Gasteiger partial charge in [0.1, 0.15) is 0 Å². The van der Waals surface area contributed by atoms with Gasteiger partial charge in [0.2, 0.25) is 0 Å². The van der Waals surface area contributed by atoms with E-state index < -0.39 is 0 Å². The summed E-state index contributed by atoms with van der Waals surface area (Å²) in [5.41, 5.74) is 0. The van der Waals surface area contributed by atoms with Crippen LogP contribution in [-0.2, 0) is 0 Å². The molecule has 0 aromatic carbocycles. The fourth-order valence-electron chi connectivity index (χ4n) is 2.09. The molecule has 0 saturated carbocycles. The molecule has 2 heteroatoms. The van der Waals surface area contributed by atoms with E-state index in [0.29, 0.717) is 0 Å². The molecule has 0 fully saturated rings. The molecule has 0 aliphatic carbocycles. The van der Waals surface area contributed by atoms with Crippen LogP contribution in [0, 0.1) is 0 Å². The summed E-state index contributed by atoms with van der Waals surface area (Å²) >= 11 is 0. The third-order valence-corrected chi connectivity index (χ3v) is 5.73. The Morgan fingerprint density at radius 2 is 1.33 bits per heavy atom. The van der Waals surface area contributed by atoms with Crippen LogP contribution >= 0.6 is 0 Å². The summed E-state index contributed by atoms with van der Waals surface area (Å²) in [6.07, 6.45) is 9.60. The van der Waals surface area contributed by atoms with Crippen molar-refractivity contribution in [2.45, 2.75) is 83.4 Å². The van der Waals surface area contributed by atoms with Gasteiger partial charge in [-0.1, -0.05) is 65.3 Å². The van der Waals surface area contributed by atoms with E-state index in [1.165, 1.54) is 44.6 Å². The Morgan fingerprint density at radius 3 is 1.73 bits per heavy atom. The Bertz CT molecular complexity index is 128. The molecular weight excluding hydrogens is 200 g/mol. The van der Waals surface area contributed by atoms with Crippen LogP contribution in [0.1, 0.15) is 72.1 Å². The number of unbranched alkanes of at least 4 members (excludes halogenated alkanes) is 3. The Kier molecular flexibility index (Phi) is 9.52. The van der Waals surface area contributed by atoms with Crippen LogP contribution in [-0.4, -0.2) is 19.9 Å². The highest BCUT2D eigenvalue weighted by Gasteiger charge is 2.24. The maximum Gasteiger partial charge on any atom is 0.0591 e. The van der Waals surface area contributed by atoms with E-state index in [2.05, 4.69) is 20.8 Å². The van der Waals surface area contributed by atoms with Gasteiger partial charge in [-0.05, 0) is 12.8 Å². The highest BCUT2D eigenvalue weighted by Crippen LogP contribution is 2.22. The topological polar surface area (TPSA) is 20.2 Å². The lowest BCUT2D eigenvalue weighted by Crippen LogP contribution is -2.35. The summed E-state index contributed by atoms with van der Waals surface area (Å²) in [4.78, 5) is 0. The van der Waals surface area contributed by atoms with Crippen LogP contribution in [0.5, 0.6) is 0 Å². The minimum absolute atomic E-state index is 0.207. The van der Waals surface area contributed by atoms with Crippen LogP contribution in [0.4, 0.5) is 0 Å². The zero-order chi connectivity index (χ0) is 11.6. The van der Waals surface area contributed by atoms with Crippen LogP contribution in [0.3, 0.4) is 0 Å². The van der Waals surface area contributed by atoms with Gasteiger partial charge in [-0.2, -0.15) is 0 Å². The third kappa shape index (κ3) is 8.03. The van der Waals surface area contributed by atoms with Crippen molar-refractivity contribution in [2.24, 2.45) is 0 Å². The predicted molar refractivity (Wildman–Crippen MR) is 72.3 cm³/mol. The Hall–Kier alpha value is 0.177. The second kappa shape index (κ2) is 9.41. The molecule has 0 radical (unpaired) electrons. The average molecular weight is 230 g/mol. The lowest BCUT2D eigenvalue weighted by Gasteiger charge is -2.28. The van der Waals surface area contributed by atoms with Gasteiger partial charge in [-0.15, -0.1) is 0 Å². The number of hydrogen-bond donors (Lipinski definition) is 1. The van der Waals surface area contributed by atoms with Crippen LogP contribution < -0.4 is 0 Å². The number of aliphatic hydroxyl groups is 1. The second-order valence-corrected chi connectivity index (χ2v) is 7.41. The second-order valence-electron chi connectivity index (χ2n) is 4.89. The SMILES string of the molecule is CCCC[SiH2]C(O)(CCCC)CCCC. The lowest BCUT2D eigenvalue weighted by atomic mass is 10.1. The quantitative estimate of drug-likeness (QED) is 0.450. The summed E-state index contributed by atoms with van der Waals surface area (Å²) in [6, 6.07) is 1.33. The highest BCUT2D eigenvalue weighted by molar-refractivity contribution is 6.39. The predicted octanol–water partition coefficient (Wildman–Crippen LogP) is 3.44. The van der Waals surface area contributed by atoms with Gasteiger partial charge in [-0.3, -0.25) is 0 Å². The molecule has 0 aromatic rings. The molecular formula is C13H30OSi. The average Bonchev–Trinajstić information content (AvgIpc) is 2.24. The Morgan fingerprint density at radius 1 is 0.867 bits per heavy atom. The summed E-state index contributed by atoms with van der Waals surface area (Å²) in [6.45, 7) is 6.67. The molecule has 0 heterocycles. The van der Waals surface area contributed by atoms with Crippen molar-refractivity contribution in [1.82, 2.24) is 0 Å². The third-order valence-electron chi connectivity index (χ3n) is 3.24. The monoisotopic (exact) mass is 230 g/mol. The molecule has 0 spiro atoms. The van der Waals surface area contributed by atoms with Crippen molar-refractivity contribution < 1.29 is 5.11 Å². The maximum atomic E-state index is 10.6. The molecule has 0 bridgehead atoms. The minimum atomic E-state index is -0.267. The lowest BCUT2D eigenvalue weighted by molar-refractivity contribution is 0.0984. The zero-order valence-corrected chi connectivity index (χ0v) is 12.4. The van der Waals surface area contributed by atoms with Crippen molar-refractivity contribution in [3.63, 3.8) is 0 Å². The van der Waals surface area contributed by atoms with E-state index >= 15 is 0 Å². The highest BCUT2D eigenvalue weighted by atomic mass is 28.2. The van der Waals surface area contributed by atoms with Gasteiger partial charge >= 0.3 is 0 Å². The number of hydrogen-bond acceptors (Lipinski definition) is 1. The molecule has 0 atom stereocenters. The number of rotatable bonds is 10. The van der Waals surface area contributed by atoms with Crippen molar-refractivity contribution in [2.75, 3.05) is 0 Å². The smallest absolute Gasteiger partial charge is 0.0591 e. The van der Waals surface area contributed by atoms with Gasteiger partial charge < -0.3 is 5.11 Å². The molecule has 15 heavy (non-hydrogen) atoms. The summed E-state index contributed by atoms with van der Waals surface area (Å²) in [5, 5.41) is 10.4. The van der Waals surface area contributed by atoms with Gasteiger partial charge in [0, 0.05) is 5.22 Å². The molecule has 0 amide bonds. The molecule has 0 aliphatic rings. The zero-order valence-electron chi connectivity index (χ0n) is 11.0. The van der Waals surface area contributed by atoms with E-state index in [1.807, 2.05) is 0 Å². The Labute approximate surface area is 98.5 Å². The maximum absolute atomic E-state index is 10.6. The molecule has 0 unspecified atom stereocenters. The molecule has 0 saturated heterocycles. The van der Waals surface area contributed by atoms with Crippen LogP contribution in [0.25, 0.3) is 0 Å². The summed E-state index contributed by atoms with van der Waals surface area (Å²) < 4.78 is 0. The van der Waals surface area contributed by atoms with E-state index in [4.69, 9.17) is 0 Å². The van der Waals surface area contributed by atoms with E-state index in [1.54, 1.807) is 0 Å². The Balaban J connectivity index is 3.89. The minimum Gasteiger partial charge on any atom is -0.394 e. The molecule has 0 aliphatic heterocycles. The molecule has 0 aromatic heterocycles. The first-order chi connectivity index (χ1) is 7.18. The standard InChI is InChI=1S/C13H30OSi/c1-4-7-10-13(14,11-8-5-2)15-12-9-6-3/h14H,4-12,15H2,1-3H3. The van der Waals surface area contributed by atoms with Crippen molar-refractivity contribution in [3.8, 4) is 0 Å². The normalized spacial score (nSPS) is 12.8. The fraction of sp³-hybridized carbons (Fsp3) is 1.00. The molecule has 1 N–H and O–H groups in total.